The van der Waals surface area contributed by atoms with Gasteiger partial charge in [0.15, 0.2) is 5.69 Å². The zero-order chi connectivity index (χ0) is 14.4. The minimum Gasteiger partial charge on any atom is -0.476 e. The summed E-state index contributed by atoms with van der Waals surface area (Å²) in [4.78, 5) is 24.6. The number of rotatable bonds is 7. The monoisotopic (exact) mass is 281 g/mol. The topological polar surface area (TPSA) is 100 Å². The number of aromatic carboxylic acids is 1. The van der Waals surface area contributed by atoms with E-state index < -0.39 is 5.97 Å². The van der Waals surface area contributed by atoms with Crippen molar-refractivity contribution >= 4 is 11.9 Å². The number of carboxylic acids is 1. The summed E-state index contributed by atoms with van der Waals surface area (Å²) in [5, 5.41) is 18.5. The number of amides is 1. The third-order valence-corrected chi connectivity index (χ3v) is 3.24. The summed E-state index contributed by atoms with van der Waals surface area (Å²) >= 11 is 0. The zero-order valence-electron chi connectivity index (χ0n) is 11.3. The number of nitrogens with one attached hydrogen (secondary N) is 1. The lowest BCUT2D eigenvalue weighted by atomic mass is 10.4. The van der Waals surface area contributed by atoms with Crippen molar-refractivity contribution in [3.63, 3.8) is 0 Å². The first kappa shape index (κ1) is 14.4. The van der Waals surface area contributed by atoms with Gasteiger partial charge < -0.3 is 15.3 Å². The molecule has 8 heteroatoms. The van der Waals surface area contributed by atoms with Gasteiger partial charge in [-0.3, -0.25) is 4.79 Å². The summed E-state index contributed by atoms with van der Waals surface area (Å²) < 4.78 is 1.22. The summed E-state index contributed by atoms with van der Waals surface area (Å²) in [7, 11) is 0. The summed E-state index contributed by atoms with van der Waals surface area (Å²) in [5.41, 5.74) is -0.160. The van der Waals surface area contributed by atoms with E-state index in [2.05, 4.69) is 20.5 Å². The van der Waals surface area contributed by atoms with Crippen LogP contribution in [0.4, 0.5) is 0 Å². The predicted octanol–water partition coefficient (Wildman–Crippen LogP) is -0.422. The minimum absolute atomic E-state index is 0.00993. The Hall–Kier alpha value is -1.96. The van der Waals surface area contributed by atoms with Crippen LogP contribution in [0.15, 0.2) is 6.20 Å². The van der Waals surface area contributed by atoms with Crippen LogP contribution in [-0.4, -0.2) is 63.1 Å². The zero-order valence-corrected chi connectivity index (χ0v) is 11.3. The van der Waals surface area contributed by atoms with Crippen molar-refractivity contribution in [2.45, 2.75) is 25.8 Å². The lowest BCUT2D eigenvalue weighted by Gasteiger charge is -2.14. The third-order valence-electron chi connectivity index (χ3n) is 3.24. The molecule has 1 aliphatic rings. The van der Waals surface area contributed by atoms with Gasteiger partial charge in [-0.25, -0.2) is 9.48 Å². The van der Waals surface area contributed by atoms with E-state index in [1.54, 1.807) is 0 Å². The average molecular weight is 281 g/mol. The van der Waals surface area contributed by atoms with Crippen LogP contribution in [0.25, 0.3) is 0 Å². The maximum atomic E-state index is 11.6. The molecule has 2 rings (SSSR count). The number of aromatic nitrogens is 3. The molecule has 0 aliphatic carbocycles. The number of nitrogens with zero attached hydrogens (tertiary/aromatic N) is 4. The van der Waals surface area contributed by atoms with Gasteiger partial charge in [0.2, 0.25) is 5.91 Å². The molecule has 8 nitrogen and oxygen atoms in total. The van der Waals surface area contributed by atoms with Crippen LogP contribution in [0, 0.1) is 0 Å². The lowest BCUT2D eigenvalue weighted by molar-refractivity contribution is -0.121. The van der Waals surface area contributed by atoms with Gasteiger partial charge in [-0.2, -0.15) is 0 Å². The standard InChI is InChI=1S/C12H19N5O3/c18-11(9-17-8-10(12(19)20)14-15-17)13-4-3-7-16-5-1-2-6-16/h8H,1-7,9H2,(H,13,18)(H,19,20). The molecule has 0 unspecified atom stereocenters. The van der Waals surface area contributed by atoms with E-state index in [1.165, 1.54) is 23.7 Å². The first-order chi connectivity index (χ1) is 9.65. The van der Waals surface area contributed by atoms with Gasteiger partial charge in [0.05, 0.1) is 6.20 Å². The third kappa shape index (κ3) is 4.30. The second kappa shape index (κ2) is 6.99. The van der Waals surface area contributed by atoms with E-state index in [4.69, 9.17) is 5.11 Å². The van der Waals surface area contributed by atoms with Gasteiger partial charge >= 0.3 is 5.97 Å². The lowest BCUT2D eigenvalue weighted by Crippen LogP contribution is -2.31. The molecule has 0 spiro atoms. The smallest absolute Gasteiger partial charge is 0.358 e. The Balaban J connectivity index is 1.63. The molecule has 0 radical (unpaired) electrons. The van der Waals surface area contributed by atoms with Gasteiger partial charge in [0.25, 0.3) is 0 Å². The van der Waals surface area contributed by atoms with E-state index in [9.17, 15) is 9.59 Å². The van der Waals surface area contributed by atoms with Crippen molar-refractivity contribution < 1.29 is 14.7 Å². The molecular formula is C12H19N5O3. The number of carboxylic acid groups (broad SMARTS) is 1. The highest BCUT2D eigenvalue weighted by atomic mass is 16.4. The molecule has 0 aromatic carbocycles. The Morgan fingerprint density at radius 3 is 2.75 bits per heavy atom. The molecule has 110 valence electrons. The van der Waals surface area contributed by atoms with Crippen molar-refractivity contribution in [3.05, 3.63) is 11.9 Å². The molecule has 0 saturated carbocycles. The highest BCUT2D eigenvalue weighted by molar-refractivity contribution is 5.84. The van der Waals surface area contributed by atoms with Gasteiger partial charge in [-0.1, -0.05) is 5.21 Å². The number of hydrogen-bond acceptors (Lipinski definition) is 5. The summed E-state index contributed by atoms with van der Waals surface area (Å²) in [5.74, 6) is -1.34. The molecule has 0 atom stereocenters. The van der Waals surface area contributed by atoms with Crippen molar-refractivity contribution in [3.8, 4) is 0 Å². The van der Waals surface area contributed by atoms with Crippen LogP contribution in [0.2, 0.25) is 0 Å². The number of hydrogen-bond donors (Lipinski definition) is 2. The van der Waals surface area contributed by atoms with Crippen LogP contribution in [0.3, 0.4) is 0 Å². The van der Waals surface area contributed by atoms with Gasteiger partial charge in [0.1, 0.15) is 6.54 Å². The van der Waals surface area contributed by atoms with Crippen molar-refractivity contribution in [1.29, 1.82) is 0 Å². The Bertz CT molecular complexity index is 467. The normalized spacial score (nSPS) is 15.4. The molecule has 0 bridgehead atoms. The average Bonchev–Trinajstić information content (AvgIpc) is 3.05. The number of carbonyl (C=O) groups is 2. The molecule has 2 N–H and O–H groups in total. The molecule has 1 saturated heterocycles. The van der Waals surface area contributed by atoms with Gasteiger partial charge in [-0.15, -0.1) is 5.10 Å². The van der Waals surface area contributed by atoms with E-state index >= 15 is 0 Å². The first-order valence-electron chi connectivity index (χ1n) is 6.77. The van der Waals surface area contributed by atoms with Gasteiger partial charge in [0, 0.05) is 6.54 Å². The van der Waals surface area contributed by atoms with E-state index in [1.807, 2.05) is 0 Å². The quantitative estimate of drug-likeness (QED) is 0.658. The molecule has 1 aromatic rings. The fourth-order valence-corrected chi connectivity index (χ4v) is 2.21. The van der Waals surface area contributed by atoms with Crippen LogP contribution in [0.1, 0.15) is 29.8 Å². The highest BCUT2D eigenvalue weighted by Gasteiger charge is 2.12. The molecule has 1 fully saturated rings. The summed E-state index contributed by atoms with van der Waals surface area (Å²) in [6.45, 7) is 3.93. The van der Waals surface area contributed by atoms with E-state index in [-0.39, 0.29) is 18.1 Å². The van der Waals surface area contributed by atoms with Crippen LogP contribution in [-0.2, 0) is 11.3 Å². The summed E-state index contributed by atoms with van der Waals surface area (Å²) in [6, 6.07) is 0. The fourth-order valence-electron chi connectivity index (χ4n) is 2.21. The molecular weight excluding hydrogens is 262 g/mol. The minimum atomic E-state index is -1.15. The van der Waals surface area contributed by atoms with Crippen molar-refractivity contribution in [2.24, 2.45) is 0 Å². The molecule has 1 aliphatic heterocycles. The van der Waals surface area contributed by atoms with E-state index in [0.717, 1.165) is 26.1 Å². The highest BCUT2D eigenvalue weighted by Crippen LogP contribution is 2.06. The second-order valence-corrected chi connectivity index (χ2v) is 4.86. The maximum Gasteiger partial charge on any atom is 0.358 e. The number of likely N-dealkylation sites (tertiary alicyclic amines) is 1. The summed E-state index contributed by atoms with van der Waals surface area (Å²) in [6.07, 6.45) is 4.70. The molecule has 2 heterocycles. The Morgan fingerprint density at radius 2 is 2.10 bits per heavy atom. The molecule has 1 amide bonds. The molecule has 1 aromatic heterocycles. The van der Waals surface area contributed by atoms with Crippen molar-refractivity contribution in [2.75, 3.05) is 26.2 Å². The van der Waals surface area contributed by atoms with Crippen molar-refractivity contribution in [1.82, 2.24) is 25.2 Å². The first-order valence-corrected chi connectivity index (χ1v) is 6.77. The predicted molar refractivity (Wildman–Crippen MR) is 70.3 cm³/mol. The van der Waals surface area contributed by atoms with Crippen LogP contribution in [0.5, 0.6) is 0 Å². The van der Waals surface area contributed by atoms with Crippen LogP contribution >= 0.6 is 0 Å². The van der Waals surface area contributed by atoms with Gasteiger partial charge in [-0.05, 0) is 38.9 Å². The van der Waals surface area contributed by atoms with Crippen LogP contribution < -0.4 is 5.32 Å². The number of carbonyl (C=O) groups excluding carboxylic acids is 1. The maximum absolute atomic E-state index is 11.6. The largest absolute Gasteiger partial charge is 0.476 e. The SMILES string of the molecule is O=C(Cn1cc(C(=O)O)nn1)NCCCN1CCCC1. The Kier molecular flexibility index (Phi) is 5.05. The Labute approximate surface area is 116 Å². The fraction of sp³-hybridized carbons (Fsp3) is 0.667. The molecule has 20 heavy (non-hydrogen) atoms. The second-order valence-electron chi connectivity index (χ2n) is 4.86. The Morgan fingerprint density at radius 1 is 1.35 bits per heavy atom. The van der Waals surface area contributed by atoms with E-state index in [0.29, 0.717) is 6.54 Å².